The number of thiazole rings is 1. The lowest BCUT2D eigenvalue weighted by atomic mass is 10.1. The number of halogens is 1. The number of carboxylic acid groups (broad SMARTS) is 1. The third kappa shape index (κ3) is 3.49. The van der Waals surface area contributed by atoms with Gasteiger partial charge in [0.1, 0.15) is 5.82 Å². The minimum absolute atomic E-state index is 0.237. The Morgan fingerprint density at radius 3 is 2.78 bits per heavy atom. The third-order valence-corrected chi connectivity index (χ3v) is 4.45. The molecule has 2 heterocycles. The molecule has 0 aliphatic rings. The van der Waals surface area contributed by atoms with Crippen molar-refractivity contribution in [3.8, 4) is 21.7 Å². The zero-order valence-corrected chi connectivity index (χ0v) is 13.4. The van der Waals surface area contributed by atoms with Gasteiger partial charge in [0, 0.05) is 29.2 Å². The Bertz CT molecular complexity index is 816. The van der Waals surface area contributed by atoms with Gasteiger partial charge in [-0.05, 0) is 29.8 Å². The summed E-state index contributed by atoms with van der Waals surface area (Å²) in [4.78, 5) is 20.1. The summed E-state index contributed by atoms with van der Waals surface area (Å²) >= 11 is 7.34. The normalized spacial score (nSPS) is 10.7. The Labute approximate surface area is 141 Å². The van der Waals surface area contributed by atoms with Crippen LogP contribution in [-0.4, -0.2) is 15.9 Å². The van der Waals surface area contributed by atoms with Gasteiger partial charge >= 0.3 is 0 Å². The average Bonchev–Trinajstić information content (AvgIpc) is 2.90. The number of aromatic nitrogens is 2. The van der Waals surface area contributed by atoms with E-state index in [1.165, 1.54) is 11.3 Å². The molecule has 3 aromatic rings. The molecule has 0 aliphatic heterocycles. The molecule has 0 bridgehead atoms. The van der Waals surface area contributed by atoms with Crippen molar-refractivity contribution in [2.45, 2.75) is 6.42 Å². The van der Waals surface area contributed by atoms with Gasteiger partial charge < -0.3 is 15.6 Å². The monoisotopic (exact) mass is 344 g/mol. The maximum Gasteiger partial charge on any atom is 0.123 e. The Hall–Kier alpha value is -2.44. The first-order chi connectivity index (χ1) is 11.0. The standard InChI is InChI=1S/C16H12ClN3O2S/c17-11-3-1-2-9(6-11)15-16(10-4-5-19-12(18)7-10)23-13(20-15)8-14(21)22/h1-7H,8H2,(H2,18,19)(H,21,22)/p-1. The molecular weight excluding hydrogens is 334 g/mol. The minimum atomic E-state index is -1.17. The van der Waals surface area contributed by atoms with Gasteiger partial charge in [0.05, 0.1) is 15.6 Å². The van der Waals surface area contributed by atoms with E-state index in [0.29, 0.717) is 21.5 Å². The first kappa shape index (κ1) is 15.5. The van der Waals surface area contributed by atoms with Gasteiger partial charge in [-0.2, -0.15) is 0 Å². The van der Waals surface area contributed by atoms with Gasteiger partial charge in [0.25, 0.3) is 0 Å². The molecule has 0 saturated heterocycles. The van der Waals surface area contributed by atoms with Gasteiger partial charge in [-0.25, -0.2) is 9.97 Å². The van der Waals surface area contributed by atoms with E-state index in [2.05, 4.69) is 9.97 Å². The molecular formula is C16H11ClN3O2S-. The molecule has 5 nitrogen and oxygen atoms in total. The molecule has 0 spiro atoms. The highest BCUT2D eigenvalue weighted by Gasteiger charge is 2.15. The molecule has 0 unspecified atom stereocenters. The molecule has 23 heavy (non-hydrogen) atoms. The molecule has 7 heteroatoms. The zero-order chi connectivity index (χ0) is 16.4. The van der Waals surface area contributed by atoms with Gasteiger partial charge in [0.15, 0.2) is 0 Å². The number of hydrogen-bond acceptors (Lipinski definition) is 6. The fraction of sp³-hybridized carbons (Fsp3) is 0.0625. The van der Waals surface area contributed by atoms with Crippen molar-refractivity contribution in [1.29, 1.82) is 0 Å². The van der Waals surface area contributed by atoms with E-state index in [1.54, 1.807) is 30.5 Å². The lowest BCUT2D eigenvalue weighted by Gasteiger charge is -2.04. The number of benzene rings is 1. The van der Waals surface area contributed by atoms with Crippen molar-refractivity contribution in [3.63, 3.8) is 0 Å². The molecule has 2 aromatic heterocycles. The largest absolute Gasteiger partial charge is 0.550 e. The number of aliphatic carboxylic acids is 1. The molecule has 3 rings (SSSR count). The van der Waals surface area contributed by atoms with E-state index in [9.17, 15) is 9.90 Å². The van der Waals surface area contributed by atoms with Crippen LogP contribution in [0.1, 0.15) is 5.01 Å². The fourth-order valence-electron chi connectivity index (χ4n) is 2.18. The smallest absolute Gasteiger partial charge is 0.123 e. The summed E-state index contributed by atoms with van der Waals surface area (Å²) in [5, 5.41) is 11.9. The Morgan fingerprint density at radius 2 is 2.09 bits per heavy atom. The van der Waals surface area contributed by atoms with E-state index in [0.717, 1.165) is 16.0 Å². The van der Waals surface area contributed by atoms with Crippen molar-refractivity contribution < 1.29 is 9.90 Å². The lowest BCUT2D eigenvalue weighted by molar-refractivity contribution is -0.304. The van der Waals surface area contributed by atoms with E-state index >= 15 is 0 Å². The molecule has 0 radical (unpaired) electrons. The number of nitrogens with zero attached hydrogens (tertiary/aromatic N) is 2. The van der Waals surface area contributed by atoms with Gasteiger partial charge in [-0.15, -0.1) is 11.3 Å². The highest BCUT2D eigenvalue weighted by molar-refractivity contribution is 7.15. The predicted molar refractivity (Wildman–Crippen MR) is 88.9 cm³/mol. The fourth-order valence-corrected chi connectivity index (χ4v) is 3.44. The molecule has 0 saturated carbocycles. The summed E-state index contributed by atoms with van der Waals surface area (Å²) in [6, 6.07) is 10.8. The second-order valence-electron chi connectivity index (χ2n) is 4.81. The second kappa shape index (κ2) is 6.36. The Morgan fingerprint density at radius 1 is 1.26 bits per heavy atom. The molecule has 0 atom stereocenters. The van der Waals surface area contributed by atoms with Crippen molar-refractivity contribution in [2.24, 2.45) is 0 Å². The first-order valence-electron chi connectivity index (χ1n) is 6.70. The zero-order valence-electron chi connectivity index (χ0n) is 11.8. The van der Waals surface area contributed by atoms with Crippen LogP contribution in [0, 0.1) is 0 Å². The van der Waals surface area contributed by atoms with E-state index < -0.39 is 5.97 Å². The molecule has 0 amide bonds. The SMILES string of the molecule is Nc1cc(-c2sc(CC(=O)[O-])nc2-c2cccc(Cl)c2)ccn1. The summed E-state index contributed by atoms with van der Waals surface area (Å²) in [6.07, 6.45) is 1.36. The second-order valence-corrected chi connectivity index (χ2v) is 6.33. The molecule has 1 aromatic carbocycles. The van der Waals surface area contributed by atoms with Crippen LogP contribution < -0.4 is 10.8 Å². The van der Waals surface area contributed by atoms with Crippen molar-refractivity contribution in [3.05, 3.63) is 52.6 Å². The third-order valence-electron chi connectivity index (χ3n) is 3.11. The number of rotatable bonds is 4. The summed E-state index contributed by atoms with van der Waals surface area (Å²) in [7, 11) is 0. The summed E-state index contributed by atoms with van der Waals surface area (Å²) in [5.41, 5.74) is 8.05. The Kier molecular flexibility index (Phi) is 4.27. The van der Waals surface area contributed by atoms with Crippen LogP contribution in [0.5, 0.6) is 0 Å². The lowest BCUT2D eigenvalue weighted by Crippen LogP contribution is -2.24. The van der Waals surface area contributed by atoms with Crippen LogP contribution in [0.4, 0.5) is 5.82 Å². The number of nitrogens with two attached hydrogens (primary N) is 1. The number of anilines is 1. The maximum atomic E-state index is 10.9. The average molecular weight is 345 g/mol. The van der Waals surface area contributed by atoms with Gasteiger partial charge in [-0.1, -0.05) is 23.7 Å². The summed E-state index contributed by atoms with van der Waals surface area (Å²) in [6.45, 7) is 0. The highest BCUT2D eigenvalue weighted by Crippen LogP contribution is 2.38. The van der Waals surface area contributed by atoms with Crippen molar-refractivity contribution in [2.75, 3.05) is 5.73 Å². The quantitative estimate of drug-likeness (QED) is 0.784. The number of pyridine rings is 1. The number of nitrogen functional groups attached to an aromatic ring is 1. The van der Waals surface area contributed by atoms with Crippen LogP contribution in [-0.2, 0) is 11.2 Å². The maximum absolute atomic E-state index is 10.9. The number of carbonyl (C=O) groups excluding carboxylic acids is 1. The number of hydrogen-bond donors (Lipinski definition) is 1. The molecule has 2 N–H and O–H groups in total. The van der Waals surface area contributed by atoms with Crippen molar-refractivity contribution in [1.82, 2.24) is 9.97 Å². The topological polar surface area (TPSA) is 91.9 Å². The van der Waals surface area contributed by atoms with E-state index in [4.69, 9.17) is 17.3 Å². The Balaban J connectivity index is 2.16. The van der Waals surface area contributed by atoms with Crippen LogP contribution in [0.25, 0.3) is 21.7 Å². The summed E-state index contributed by atoms with van der Waals surface area (Å²) in [5.74, 6) is -0.786. The van der Waals surface area contributed by atoms with Crippen LogP contribution in [0.2, 0.25) is 5.02 Å². The van der Waals surface area contributed by atoms with E-state index in [1.807, 2.05) is 12.1 Å². The van der Waals surface area contributed by atoms with Crippen LogP contribution in [0.3, 0.4) is 0 Å². The molecule has 0 fully saturated rings. The number of carboxylic acids is 1. The number of carbonyl (C=O) groups is 1. The minimum Gasteiger partial charge on any atom is -0.550 e. The highest BCUT2D eigenvalue weighted by atomic mass is 35.5. The van der Waals surface area contributed by atoms with Gasteiger partial charge in [-0.3, -0.25) is 0 Å². The van der Waals surface area contributed by atoms with Crippen LogP contribution in [0.15, 0.2) is 42.6 Å². The van der Waals surface area contributed by atoms with Crippen LogP contribution >= 0.6 is 22.9 Å². The molecule has 0 aliphatic carbocycles. The summed E-state index contributed by atoms with van der Waals surface area (Å²) < 4.78 is 0. The molecule has 116 valence electrons. The van der Waals surface area contributed by atoms with Gasteiger partial charge in [0.2, 0.25) is 0 Å². The van der Waals surface area contributed by atoms with Crippen molar-refractivity contribution >= 4 is 34.7 Å². The predicted octanol–water partition coefficient (Wildman–Crippen LogP) is 2.40. The first-order valence-corrected chi connectivity index (χ1v) is 7.90. The van der Waals surface area contributed by atoms with E-state index in [-0.39, 0.29) is 6.42 Å².